The fourth-order valence-corrected chi connectivity index (χ4v) is 2.34. The number of hydrogen-bond donors (Lipinski definition) is 1. The first-order valence-electron chi connectivity index (χ1n) is 6.05. The van der Waals surface area contributed by atoms with Gasteiger partial charge in [-0.25, -0.2) is 0 Å². The Labute approximate surface area is 98.3 Å². The van der Waals surface area contributed by atoms with E-state index in [1.807, 2.05) is 7.05 Å². The van der Waals surface area contributed by atoms with Crippen LogP contribution in [0.3, 0.4) is 0 Å². The van der Waals surface area contributed by atoms with Crippen molar-refractivity contribution < 1.29 is 9.53 Å². The van der Waals surface area contributed by atoms with Gasteiger partial charge in [0.05, 0.1) is 7.11 Å². The van der Waals surface area contributed by atoms with E-state index in [-0.39, 0.29) is 5.97 Å². The third kappa shape index (κ3) is 3.76. The van der Waals surface area contributed by atoms with E-state index in [4.69, 9.17) is 4.74 Å². The summed E-state index contributed by atoms with van der Waals surface area (Å²) in [6.07, 6.45) is 1.60. The van der Waals surface area contributed by atoms with Crippen molar-refractivity contribution in [3.05, 3.63) is 0 Å². The number of carbonyl (C=O) groups excluding carboxylic acids is 1. The van der Waals surface area contributed by atoms with Crippen LogP contribution >= 0.6 is 0 Å². The van der Waals surface area contributed by atoms with Crippen LogP contribution < -0.4 is 5.32 Å². The number of likely N-dealkylation sites (tertiary alicyclic amines) is 1. The van der Waals surface area contributed by atoms with Crippen LogP contribution in [0.4, 0.5) is 0 Å². The molecule has 0 spiro atoms. The minimum atomic E-state index is -0.0922. The van der Waals surface area contributed by atoms with Crippen LogP contribution in [0.1, 0.15) is 26.7 Å². The van der Waals surface area contributed by atoms with E-state index in [0.717, 1.165) is 19.5 Å². The van der Waals surface area contributed by atoms with E-state index in [0.29, 0.717) is 24.4 Å². The van der Waals surface area contributed by atoms with Crippen LogP contribution in [0.25, 0.3) is 0 Å². The second kappa shape index (κ2) is 6.21. The predicted octanol–water partition coefficient (Wildman–Crippen LogP) is 0.868. The number of rotatable bonds is 4. The summed E-state index contributed by atoms with van der Waals surface area (Å²) in [6.45, 7) is 6.48. The number of methoxy groups -OCH3 is 1. The van der Waals surface area contributed by atoms with Crippen LogP contribution in [-0.2, 0) is 9.53 Å². The number of hydrogen-bond acceptors (Lipinski definition) is 4. The molecule has 4 nitrogen and oxygen atoms in total. The number of carbonyl (C=O) groups is 1. The Morgan fingerprint density at radius 3 is 2.69 bits per heavy atom. The molecular formula is C12H24N2O2. The van der Waals surface area contributed by atoms with Gasteiger partial charge < -0.3 is 10.1 Å². The number of esters is 1. The van der Waals surface area contributed by atoms with Crippen LogP contribution in [-0.4, -0.2) is 50.2 Å². The van der Waals surface area contributed by atoms with Gasteiger partial charge in [-0.15, -0.1) is 0 Å². The summed E-state index contributed by atoms with van der Waals surface area (Å²) in [7, 11) is 3.45. The Balaban J connectivity index is 2.53. The van der Waals surface area contributed by atoms with Crippen molar-refractivity contribution in [1.82, 2.24) is 10.2 Å². The first-order chi connectivity index (χ1) is 7.56. The first-order valence-corrected chi connectivity index (χ1v) is 6.05. The normalized spacial score (nSPS) is 27.1. The van der Waals surface area contributed by atoms with Gasteiger partial charge in [0.1, 0.15) is 0 Å². The highest BCUT2D eigenvalue weighted by molar-refractivity contribution is 5.69. The van der Waals surface area contributed by atoms with Crippen molar-refractivity contribution in [2.45, 2.75) is 38.8 Å². The summed E-state index contributed by atoms with van der Waals surface area (Å²) in [5, 5.41) is 3.32. The minimum absolute atomic E-state index is 0.0922. The van der Waals surface area contributed by atoms with Crippen LogP contribution in [0.15, 0.2) is 0 Å². The van der Waals surface area contributed by atoms with Gasteiger partial charge in [0.2, 0.25) is 0 Å². The Morgan fingerprint density at radius 1 is 1.50 bits per heavy atom. The summed E-state index contributed by atoms with van der Waals surface area (Å²) in [5.41, 5.74) is 0. The molecule has 0 radical (unpaired) electrons. The van der Waals surface area contributed by atoms with E-state index in [2.05, 4.69) is 24.1 Å². The number of likely N-dealkylation sites (N-methyl/N-ethyl adjacent to an activating group) is 1. The molecule has 1 aliphatic rings. The minimum Gasteiger partial charge on any atom is -0.469 e. The van der Waals surface area contributed by atoms with Crippen molar-refractivity contribution in [3.63, 3.8) is 0 Å². The molecule has 0 bridgehead atoms. The number of nitrogens with one attached hydrogen (secondary N) is 1. The molecule has 1 heterocycles. The van der Waals surface area contributed by atoms with Gasteiger partial charge in [-0.05, 0) is 33.2 Å². The molecule has 4 heteroatoms. The summed E-state index contributed by atoms with van der Waals surface area (Å²) >= 11 is 0. The maximum absolute atomic E-state index is 11.3. The zero-order valence-electron chi connectivity index (χ0n) is 10.8. The lowest BCUT2D eigenvalue weighted by atomic mass is 9.91. The fraction of sp³-hybridized carbons (Fsp3) is 0.917. The van der Waals surface area contributed by atoms with Crippen molar-refractivity contribution in [2.24, 2.45) is 5.92 Å². The maximum atomic E-state index is 11.3. The lowest BCUT2D eigenvalue weighted by molar-refractivity contribution is -0.142. The molecule has 1 N–H and O–H groups in total. The topological polar surface area (TPSA) is 41.6 Å². The van der Waals surface area contributed by atoms with Crippen LogP contribution in [0.2, 0.25) is 0 Å². The standard InChI is InChI=1S/C12H24N2O2/c1-9(2)14-7-10(6-12(15)16-4)5-11(8-14)13-3/h9-11,13H,5-8H2,1-4H3. The van der Waals surface area contributed by atoms with Gasteiger partial charge >= 0.3 is 5.97 Å². The summed E-state index contributed by atoms with van der Waals surface area (Å²) in [6, 6.07) is 1.03. The molecule has 2 unspecified atom stereocenters. The maximum Gasteiger partial charge on any atom is 0.305 e. The van der Waals surface area contributed by atoms with E-state index in [1.54, 1.807) is 0 Å². The van der Waals surface area contributed by atoms with Gasteiger partial charge in [0.15, 0.2) is 0 Å². The van der Waals surface area contributed by atoms with Gasteiger partial charge in [-0.1, -0.05) is 0 Å². The molecule has 0 amide bonds. The fourth-order valence-electron chi connectivity index (χ4n) is 2.34. The third-order valence-corrected chi connectivity index (χ3v) is 3.39. The van der Waals surface area contributed by atoms with Gasteiger partial charge in [-0.3, -0.25) is 9.69 Å². The average Bonchev–Trinajstić information content (AvgIpc) is 2.28. The summed E-state index contributed by atoms with van der Waals surface area (Å²) < 4.78 is 4.74. The highest BCUT2D eigenvalue weighted by Crippen LogP contribution is 2.21. The molecular weight excluding hydrogens is 204 g/mol. The van der Waals surface area contributed by atoms with E-state index < -0.39 is 0 Å². The van der Waals surface area contributed by atoms with Crippen molar-refractivity contribution in [3.8, 4) is 0 Å². The zero-order chi connectivity index (χ0) is 12.1. The molecule has 94 valence electrons. The lowest BCUT2D eigenvalue weighted by Crippen LogP contribution is -2.50. The second-order valence-corrected chi connectivity index (χ2v) is 4.92. The molecule has 1 saturated heterocycles. The Kier molecular flexibility index (Phi) is 5.22. The largest absolute Gasteiger partial charge is 0.469 e. The molecule has 0 aromatic carbocycles. The Morgan fingerprint density at radius 2 is 2.19 bits per heavy atom. The van der Waals surface area contributed by atoms with Crippen molar-refractivity contribution in [1.29, 1.82) is 0 Å². The summed E-state index contributed by atoms with van der Waals surface area (Å²) in [4.78, 5) is 13.7. The molecule has 1 rings (SSSR count). The van der Waals surface area contributed by atoms with Crippen molar-refractivity contribution >= 4 is 5.97 Å². The lowest BCUT2D eigenvalue weighted by Gasteiger charge is -2.39. The molecule has 16 heavy (non-hydrogen) atoms. The monoisotopic (exact) mass is 228 g/mol. The molecule has 1 aliphatic heterocycles. The summed E-state index contributed by atoms with van der Waals surface area (Å²) in [5.74, 6) is 0.325. The highest BCUT2D eigenvalue weighted by atomic mass is 16.5. The molecule has 0 aliphatic carbocycles. The predicted molar refractivity (Wildman–Crippen MR) is 64.3 cm³/mol. The van der Waals surface area contributed by atoms with Crippen molar-refractivity contribution in [2.75, 3.05) is 27.2 Å². The number of nitrogens with zero attached hydrogens (tertiary/aromatic N) is 1. The molecule has 0 aromatic rings. The highest BCUT2D eigenvalue weighted by Gasteiger charge is 2.29. The smallest absolute Gasteiger partial charge is 0.305 e. The van der Waals surface area contributed by atoms with Gasteiger partial charge in [0.25, 0.3) is 0 Å². The van der Waals surface area contributed by atoms with Crippen LogP contribution in [0.5, 0.6) is 0 Å². The quantitative estimate of drug-likeness (QED) is 0.725. The third-order valence-electron chi connectivity index (χ3n) is 3.39. The van der Waals surface area contributed by atoms with Gasteiger partial charge in [-0.2, -0.15) is 0 Å². The van der Waals surface area contributed by atoms with E-state index in [1.165, 1.54) is 7.11 Å². The number of piperidine rings is 1. The molecule has 1 fully saturated rings. The van der Waals surface area contributed by atoms with Gasteiger partial charge in [0, 0.05) is 31.6 Å². The molecule has 2 atom stereocenters. The van der Waals surface area contributed by atoms with E-state index in [9.17, 15) is 4.79 Å². The molecule has 0 saturated carbocycles. The first kappa shape index (κ1) is 13.5. The zero-order valence-corrected chi connectivity index (χ0v) is 10.8. The van der Waals surface area contributed by atoms with Crippen LogP contribution in [0, 0.1) is 5.92 Å². The average molecular weight is 228 g/mol. The Hall–Kier alpha value is -0.610. The Bertz CT molecular complexity index is 231. The second-order valence-electron chi connectivity index (χ2n) is 4.92. The number of ether oxygens (including phenoxy) is 1. The van der Waals surface area contributed by atoms with E-state index >= 15 is 0 Å². The molecule has 0 aromatic heterocycles. The SMILES string of the molecule is CNC1CC(CC(=O)OC)CN(C(C)C)C1.